The van der Waals surface area contributed by atoms with Gasteiger partial charge in [-0.25, -0.2) is 9.78 Å². The van der Waals surface area contributed by atoms with Crippen LogP contribution in [0.15, 0.2) is 54.7 Å². The number of benzene rings is 2. The first-order chi connectivity index (χ1) is 11.1. The maximum atomic E-state index is 11.7. The van der Waals surface area contributed by atoms with Gasteiger partial charge in [0.2, 0.25) is 0 Å². The minimum atomic E-state index is -1.21. The Morgan fingerprint density at radius 3 is 2.57 bits per heavy atom. The van der Waals surface area contributed by atoms with Gasteiger partial charge >= 0.3 is 5.97 Å². The van der Waals surface area contributed by atoms with E-state index in [0.29, 0.717) is 16.6 Å². The van der Waals surface area contributed by atoms with E-state index >= 15 is 0 Å². The molecule has 23 heavy (non-hydrogen) atoms. The molecule has 2 aromatic carbocycles. The molecule has 0 bridgehead atoms. The molecule has 116 valence electrons. The number of aromatic nitrogens is 1. The molecular formula is C17H14N2O4. The fourth-order valence-electron chi connectivity index (χ4n) is 2.48. The zero-order chi connectivity index (χ0) is 16.4. The van der Waals surface area contributed by atoms with Crippen LogP contribution < -0.4 is 5.32 Å². The second-order valence-electron chi connectivity index (χ2n) is 5.03. The number of hydrogen-bond acceptors (Lipinski definition) is 5. The SMILES string of the molecule is O=C(O)C(Nc1ccccn1)c1c(O)ccc2ccc(O)cc12. The van der Waals surface area contributed by atoms with Gasteiger partial charge in [0.25, 0.3) is 0 Å². The van der Waals surface area contributed by atoms with Crippen molar-refractivity contribution >= 4 is 22.6 Å². The lowest BCUT2D eigenvalue weighted by Gasteiger charge is -2.19. The van der Waals surface area contributed by atoms with Crippen LogP contribution in [-0.2, 0) is 4.79 Å². The lowest BCUT2D eigenvalue weighted by Crippen LogP contribution is -2.21. The van der Waals surface area contributed by atoms with Gasteiger partial charge < -0.3 is 20.6 Å². The van der Waals surface area contributed by atoms with Crippen LogP contribution in [0.25, 0.3) is 10.8 Å². The molecular weight excluding hydrogens is 296 g/mol. The number of hydrogen-bond donors (Lipinski definition) is 4. The average molecular weight is 310 g/mol. The second-order valence-corrected chi connectivity index (χ2v) is 5.03. The number of fused-ring (bicyclic) bond motifs is 1. The summed E-state index contributed by atoms with van der Waals surface area (Å²) in [4.78, 5) is 15.8. The number of nitrogens with zero attached hydrogens (tertiary/aromatic N) is 1. The molecule has 6 nitrogen and oxygen atoms in total. The van der Waals surface area contributed by atoms with E-state index in [1.54, 1.807) is 30.3 Å². The van der Waals surface area contributed by atoms with Gasteiger partial charge in [-0.2, -0.15) is 0 Å². The molecule has 1 atom stereocenters. The molecule has 1 unspecified atom stereocenters. The van der Waals surface area contributed by atoms with E-state index in [1.807, 2.05) is 0 Å². The monoisotopic (exact) mass is 310 g/mol. The summed E-state index contributed by atoms with van der Waals surface area (Å²) in [5.74, 6) is -0.969. The van der Waals surface area contributed by atoms with Crippen molar-refractivity contribution in [2.75, 3.05) is 5.32 Å². The quantitative estimate of drug-likeness (QED) is 0.591. The molecule has 0 aliphatic heterocycles. The van der Waals surface area contributed by atoms with Crippen LogP contribution in [0.4, 0.5) is 5.82 Å². The predicted molar refractivity (Wildman–Crippen MR) is 85.5 cm³/mol. The Hall–Kier alpha value is -3.28. The van der Waals surface area contributed by atoms with Crippen LogP contribution in [0.3, 0.4) is 0 Å². The molecule has 0 amide bonds. The fourth-order valence-corrected chi connectivity index (χ4v) is 2.48. The zero-order valence-electron chi connectivity index (χ0n) is 12.0. The summed E-state index contributed by atoms with van der Waals surface area (Å²) in [6, 6.07) is 11.6. The molecule has 0 saturated heterocycles. The van der Waals surface area contributed by atoms with Crippen LogP contribution >= 0.6 is 0 Å². The molecule has 1 heterocycles. The van der Waals surface area contributed by atoms with E-state index in [1.165, 1.54) is 24.4 Å². The smallest absolute Gasteiger partial charge is 0.331 e. The number of nitrogens with one attached hydrogen (secondary N) is 1. The number of carboxylic acids is 1. The van der Waals surface area contributed by atoms with Crippen molar-refractivity contribution in [2.24, 2.45) is 0 Å². The van der Waals surface area contributed by atoms with Crippen LogP contribution in [0, 0.1) is 0 Å². The lowest BCUT2D eigenvalue weighted by molar-refractivity contribution is -0.138. The van der Waals surface area contributed by atoms with E-state index in [-0.39, 0.29) is 17.1 Å². The molecule has 6 heteroatoms. The summed E-state index contributed by atoms with van der Waals surface area (Å²) in [5.41, 5.74) is 0.177. The van der Waals surface area contributed by atoms with E-state index in [2.05, 4.69) is 10.3 Å². The Kier molecular flexibility index (Phi) is 3.72. The Bertz CT molecular complexity index is 860. The highest BCUT2D eigenvalue weighted by Crippen LogP contribution is 2.35. The van der Waals surface area contributed by atoms with Gasteiger partial charge in [0.1, 0.15) is 17.3 Å². The molecule has 0 radical (unpaired) electrons. The average Bonchev–Trinajstić information content (AvgIpc) is 2.54. The number of phenolic OH excluding ortho intramolecular Hbond substituents is 2. The minimum Gasteiger partial charge on any atom is -0.508 e. The van der Waals surface area contributed by atoms with Crippen molar-refractivity contribution in [3.05, 3.63) is 60.3 Å². The number of carbonyl (C=O) groups is 1. The topological polar surface area (TPSA) is 103 Å². The van der Waals surface area contributed by atoms with Crippen LogP contribution in [0.2, 0.25) is 0 Å². The number of rotatable bonds is 4. The van der Waals surface area contributed by atoms with Gasteiger partial charge in [0.05, 0.1) is 0 Å². The Labute approximate surface area is 131 Å². The van der Waals surface area contributed by atoms with Crippen LogP contribution in [0.1, 0.15) is 11.6 Å². The first-order valence-electron chi connectivity index (χ1n) is 6.91. The molecule has 3 aromatic rings. The van der Waals surface area contributed by atoms with Gasteiger partial charge in [-0.15, -0.1) is 0 Å². The minimum absolute atomic E-state index is 0.00803. The number of carboxylic acid groups (broad SMARTS) is 1. The van der Waals surface area contributed by atoms with Gasteiger partial charge in [0.15, 0.2) is 6.04 Å². The fraction of sp³-hybridized carbons (Fsp3) is 0.0588. The number of aromatic hydroxyl groups is 2. The molecule has 0 aliphatic rings. The van der Waals surface area contributed by atoms with Crippen molar-refractivity contribution < 1.29 is 20.1 Å². The normalized spacial score (nSPS) is 12.0. The van der Waals surface area contributed by atoms with E-state index in [0.717, 1.165) is 0 Å². The highest BCUT2D eigenvalue weighted by Gasteiger charge is 2.25. The lowest BCUT2D eigenvalue weighted by atomic mass is 9.97. The molecule has 3 rings (SSSR count). The van der Waals surface area contributed by atoms with Crippen molar-refractivity contribution in [3.63, 3.8) is 0 Å². The Morgan fingerprint density at radius 2 is 1.87 bits per heavy atom. The van der Waals surface area contributed by atoms with E-state index in [4.69, 9.17) is 0 Å². The molecule has 4 N–H and O–H groups in total. The summed E-state index contributed by atoms with van der Waals surface area (Å²) in [7, 11) is 0. The van der Waals surface area contributed by atoms with Gasteiger partial charge in [-0.1, -0.05) is 18.2 Å². The highest BCUT2D eigenvalue weighted by atomic mass is 16.4. The molecule has 0 fully saturated rings. The van der Waals surface area contributed by atoms with Crippen LogP contribution in [-0.4, -0.2) is 26.3 Å². The van der Waals surface area contributed by atoms with Gasteiger partial charge in [0, 0.05) is 11.8 Å². The van der Waals surface area contributed by atoms with Crippen molar-refractivity contribution in [1.82, 2.24) is 4.98 Å². The highest BCUT2D eigenvalue weighted by molar-refractivity contribution is 5.94. The number of pyridine rings is 1. The third-order valence-electron chi connectivity index (χ3n) is 3.52. The zero-order valence-corrected chi connectivity index (χ0v) is 12.0. The number of phenols is 2. The standard InChI is InChI=1S/C17H14N2O4/c20-11-6-4-10-5-7-13(21)15(12(10)9-11)16(17(22)23)19-14-3-1-2-8-18-14/h1-9,16,20-21H,(H,18,19)(H,22,23). The predicted octanol–water partition coefficient (Wildman–Crippen LogP) is 2.88. The third kappa shape index (κ3) is 2.87. The maximum Gasteiger partial charge on any atom is 0.331 e. The Morgan fingerprint density at radius 1 is 1.09 bits per heavy atom. The summed E-state index contributed by atoms with van der Waals surface area (Å²) in [6.07, 6.45) is 1.54. The molecule has 0 aliphatic carbocycles. The third-order valence-corrected chi connectivity index (χ3v) is 3.52. The largest absolute Gasteiger partial charge is 0.508 e. The van der Waals surface area contributed by atoms with Gasteiger partial charge in [-0.05, 0) is 41.1 Å². The summed E-state index contributed by atoms with van der Waals surface area (Å²) in [6.45, 7) is 0. The van der Waals surface area contributed by atoms with Gasteiger partial charge in [-0.3, -0.25) is 0 Å². The summed E-state index contributed by atoms with van der Waals surface area (Å²) >= 11 is 0. The summed E-state index contributed by atoms with van der Waals surface area (Å²) < 4.78 is 0. The number of anilines is 1. The second kappa shape index (κ2) is 5.84. The van der Waals surface area contributed by atoms with Crippen molar-refractivity contribution in [3.8, 4) is 11.5 Å². The van der Waals surface area contributed by atoms with E-state index < -0.39 is 12.0 Å². The molecule has 0 spiro atoms. The van der Waals surface area contributed by atoms with Crippen LogP contribution in [0.5, 0.6) is 11.5 Å². The maximum absolute atomic E-state index is 11.7. The van der Waals surface area contributed by atoms with E-state index in [9.17, 15) is 20.1 Å². The van der Waals surface area contributed by atoms with Crippen molar-refractivity contribution in [1.29, 1.82) is 0 Å². The molecule has 0 saturated carbocycles. The summed E-state index contributed by atoms with van der Waals surface area (Å²) in [5, 5.41) is 33.4. The Balaban J connectivity index is 2.16. The number of aliphatic carboxylic acids is 1. The molecule has 1 aromatic heterocycles. The first-order valence-corrected chi connectivity index (χ1v) is 6.91. The first kappa shape index (κ1) is 14.6. The van der Waals surface area contributed by atoms with Crippen molar-refractivity contribution in [2.45, 2.75) is 6.04 Å².